The molecule has 0 spiro atoms. The molecule has 0 bridgehead atoms. The number of amides is 1. The molecule has 2 aromatic carbocycles. The van der Waals surface area contributed by atoms with Crippen LogP contribution in [-0.2, 0) is 6.42 Å². The molecular weight excluding hydrogens is 456 g/mol. The quantitative estimate of drug-likeness (QED) is 0.452. The molecule has 31 heavy (non-hydrogen) atoms. The van der Waals surface area contributed by atoms with Gasteiger partial charge < -0.3 is 5.32 Å². The fraction of sp³-hybridized carbons (Fsp3) is 0.217. The molecule has 0 saturated carbocycles. The van der Waals surface area contributed by atoms with Gasteiger partial charge in [0.15, 0.2) is 5.69 Å². The van der Waals surface area contributed by atoms with Gasteiger partial charge >= 0.3 is 0 Å². The minimum Gasteiger partial charge on any atom is -0.350 e. The lowest BCUT2D eigenvalue weighted by atomic mass is 10.1. The van der Waals surface area contributed by atoms with Gasteiger partial charge in [0, 0.05) is 16.7 Å². The summed E-state index contributed by atoms with van der Waals surface area (Å²) in [4.78, 5) is 12.6. The summed E-state index contributed by atoms with van der Waals surface area (Å²) in [6.45, 7) is 6.38. The maximum absolute atomic E-state index is 12.6. The number of aryl methyl sites for hydroxylation is 2. The van der Waals surface area contributed by atoms with Crippen molar-refractivity contribution in [3.8, 4) is 11.4 Å². The Morgan fingerprint density at radius 2 is 1.77 bits per heavy atom. The molecule has 0 aliphatic rings. The van der Waals surface area contributed by atoms with Gasteiger partial charge in [0.2, 0.25) is 0 Å². The minimum atomic E-state index is -0.224. The van der Waals surface area contributed by atoms with Crippen molar-refractivity contribution in [2.24, 2.45) is 0 Å². The number of benzene rings is 2. The van der Waals surface area contributed by atoms with Crippen LogP contribution in [0.25, 0.3) is 11.4 Å². The van der Waals surface area contributed by atoms with Gasteiger partial charge in [0.05, 0.1) is 22.8 Å². The first-order valence-electron chi connectivity index (χ1n) is 10.0. The van der Waals surface area contributed by atoms with E-state index < -0.39 is 0 Å². The molecule has 7 nitrogen and oxygen atoms in total. The number of aromatic nitrogens is 5. The normalized spacial score (nSPS) is 11.0. The van der Waals surface area contributed by atoms with Crippen molar-refractivity contribution >= 4 is 21.8 Å². The third-order valence-electron chi connectivity index (χ3n) is 5.05. The van der Waals surface area contributed by atoms with Crippen molar-refractivity contribution in [1.29, 1.82) is 0 Å². The van der Waals surface area contributed by atoms with Crippen LogP contribution < -0.4 is 5.32 Å². The minimum absolute atomic E-state index is 0.224. The highest BCUT2D eigenvalue weighted by molar-refractivity contribution is 9.10. The fourth-order valence-electron chi connectivity index (χ4n) is 3.49. The van der Waals surface area contributed by atoms with Crippen molar-refractivity contribution in [3.63, 3.8) is 0 Å². The Morgan fingerprint density at radius 1 is 1.00 bits per heavy atom. The Bertz CT molecular complexity index is 1230. The number of rotatable bonds is 6. The third kappa shape index (κ3) is 4.59. The second-order valence-electron chi connectivity index (χ2n) is 7.43. The summed E-state index contributed by atoms with van der Waals surface area (Å²) in [6, 6.07) is 18.0. The van der Waals surface area contributed by atoms with E-state index in [2.05, 4.69) is 54.9 Å². The van der Waals surface area contributed by atoms with Gasteiger partial charge in [-0.3, -0.25) is 4.79 Å². The largest absolute Gasteiger partial charge is 0.350 e. The van der Waals surface area contributed by atoms with E-state index in [4.69, 9.17) is 0 Å². The highest BCUT2D eigenvalue weighted by Crippen LogP contribution is 2.17. The van der Waals surface area contributed by atoms with Crippen molar-refractivity contribution in [1.82, 2.24) is 30.1 Å². The zero-order valence-electron chi connectivity index (χ0n) is 17.6. The summed E-state index contributed by atoms with van der Waals surface area (Å²) in [5.74, 6) is -0.224. The first-order chi connectivity index (χ1) is 14.9. The van der Waals surface area contributed by atoms with Crippen LogP contribution in [0.4, 0.5) is 0 Å². The number of nitrogens with one attached hydrogen (secondary N) is 1. The molecule has 0 atom stereocenters. The molecule has 0 fully saturated rings. The Balaban J connectivity index is 1.37. The van der Waals surface area contributed by atoms with E-state index in [-0.39, 0.29) is 5.91 Å². The molecule has 4 rings (SSSR count). The summed E-state index contributed by atoms with van der Waals surface area (Å²) >= 11 is 3.45. The molecule has 2 heterocycles. The third-order valence-corrected chi connectivity index (χ3v) is 5.55. The molecule has 1 N–H and O–H groups in total. The van der Waals surface area contributed by atoms with Gasteiger partial charge in [-0.2, -0.15) is 5.10 Å². The summed E-state index contributed by atoms with van der Waals surface area (Å²) in [5.41, 5.74) is 6.14. The second kappa shape index (κ2) is 8.85. The number of hydrogen-bond acceptors (Lipinski definition) is 4. The molecule has 1 amide bonds. The van der Waals surface area contributed by atoms with E-state index >= 15 is 0 Å². The van der Waals surface area contributed by atoms with Gasteiger partial charge in [0.25, 0.3) is 5.91 Å². The zero-order chi connectivity index (χ0) is 22.0. The standard InChI is InChI=1S/C23H23BrN6O/c1-15-13-16(2)29(27-15)20-9-7-18(8-10-20)11-12-25-23(31)22-17(3)30(28-26-22)21-6-4-5-19(24)14-21/h4-10,13-14H,11-12H2,1-3H3,(H,25,31). The van der Waals surface area contributed by atoms with Crippen LogP contribution in [0.3, 0.4) is 0 Å². The molecule has 2 aromatic heterocycles. The Morgan fingerprint density at radius 3 is 2.45 bits per heavy atom. The van der Waals surface area contributed by atoms with E-state index in [0.717, 1.165) is 39.2 Å². The van der Waals surface area contributed by atoms with Crippen LogP contribution >= 0.6 is 15.9 Å². The first kappa shape index (κ1) is 21.0. The average molecular weight is 479 g/mol. The van der Waals surface area contributed by atoms with Gasteiger partial charge in [-0.1, -0.05) is 39.3 Å². The highest BCUT2D eigenvalue weighted by atomic mass is 79.9. The van der Waals surface area contributed by atoms with Crippen LogP contribution in [0, 0.1) is 20.8 Å². The van der Waals surface area contributed by atoms with Crippen LogP contribution in [0.15, 0.2) is 59.1 Å². The summed E-state index contributed by atoms with van der Waals surface area (Å²) in [5, 5.41) is 15.7. The SMILES string of the molecule is Cc1cc(C)n(-c2ccc(CCNC(=O)c3nnn(-c4cccc(Br)c4)c3C)cc2)n1. The zero-order valence-corrected chi connectivity index (χ0v) is 19.2. The number of nitrogens with zero attached hydrogens (tertiary/aromatic N) is 5. The van der Waals surface area contributed by atoms with Gasteiger partial charge in [-0.15, -0.1) is 5.10 Å². The molecule has 158 valence electrons. The van der Waals surface area contributed by atoms with Crippen molar-refractivity contribution in [2.45, 2.75) is 27.2 Å². The van der Waals surface area contributed by atoms with E-state index in [1.807, 2.05) is 61.9 Å². The van der Waals surface area contributed by atoms with Gasteiger partial charge in [-0.25, -0.2) is 9.36 Å². The van der Waals surface area contributed by atoms with Crippen molar-refractivity contribution < 1.29 is 4.79 Å². The molecule has 0 radical (unpaired) electrons. The molecule has 4 aromatic rings. The van der Waals surface area contributed by atoms with Crippen LogP contribution in [0.2, 0.25) is 0 Å². The summed E-state index contributed by atoms with van der Waals surface area (Å²) < 4.78 is 4.53. The molecular formula is C23H23BrN6O. The molecule has 0 saturated heterocycles. The molecule has 0 unspecified atom stereocenters. The second-order valence-corrected chi connectivity index (χ2v) is 8.34. The van der Waals surface area contributed by atoms with E-state index in [0.29, 0.717) is 17.9 Å². The first-order valence-corrected chi connectivity index (χ1v) is 10.8. The van der Waals surface area contributed by atoms with E-state index in [1.165, 1.54) is 0 Å². The summed E-state index contributed by atoms with van der Waals surface area (Å²) in [6.07, 6.45) is 0.724. The monoisotopic (exact) mass is 478 g/mol. The number of hydrogen-bond donors (Lipinski definition) is 1. The lowest BCUT2D eigenvalue weighted by Gasteiger charge is -2.07. The summed E-state index contributed by atoms with van der Waals surface area (Å²) in [7, 11) is 0. The number of halogens is 1. The maximum atomic E-state index is 12.6. The van der Waals surface area contributed by atoms with Crippen LogP contribution in [-0.4, -0.2) is 37.2 Å². The molecule has 8 heteroatoms. The smallest absolute Gasteiger partial charge is 0.273 e. The van der Waals surface area contributed by atoms with E-state index in [9.17, 15) is 4.79 Å². The van der Waals surface area contributed by atoms with Gasteiger partial charge in [0.1, 0.15) is 0 Å². The Labute approximate surface area is 189 Å². The Kier molecular flexibility index (Phi) is 5.99. The van der Waals surface area contributed by atoms with Gasteiger partial charge in [-0.05, 0) is 69.2 Å². The van der Waals surface area contributed by atoms with E-state index in [1.54, 1.807) is 4.68 Å². The Hall–Kier alpha value is -3.26. The van der Waals surface area contributed by atoms with Crippen LogP contribution in [0.5, 0.6) is 0 Å². The predicted molar refractivity (Wildman–Crippen MR) is 123 cm³/mol. The maximum Gasteiger partial charge on any atom is 0.273 e. The van der Waals surface area contributed by atoms with Crippen LogP contribution in [0.1, 0.15) is 33.1 Å². The number of carbonyl (C=O) groups excluding carboxylic acids is 1. The molecule has 0 aliphatic carbocycles. The lowest BCUT2D eigenvalue weighted by molar-refractivity contribution is 0.0948. The number of carbonyl (C=O) groups is 1. The lowest BCUT2D eigenvalue weighted by Crippen LogP contribution is -2.26. The molecule has 0 aliphatic heterocycles. The fourth-order valence-corrected chi connectivity index (χ4v) is 3.88. The van der Waals surface area contributed by atoms with Crippen molar-refractivity contribution in [3.05, 3.63) is 87.4 Å². The van der Waals surface area contributed by atoms with Crippen molar-refractivity contribution in [2.75, 3.05) is 6.54 Å². The topological polar surface area (TPSA) is 77.6 Å². The highest BCUT2D eigenvalue weighted by Gasteiger charge is 2.17. The average Bonchev–Trinajstić information content (AvgIpc) is 3.30. The predicted octanol–water partition coefficient (Wildman–Crippen LogP) is 4.11.